The number of hydrogen-bond acceptors (Lipinski definition) is 2. The molecule has 25 heavy (non-hydrogen) atoms. The molecule has 0 N–H and O–H groups in total. The van der Waals surface area contributed by atoms with Crippen LogP contribution in [0.5, 0.6) is 0 Å². The normalized spacial score (nSPS) is 30.6. The Hall–Kier alpha value is -0.880. The molecule has 1 aliphatic carbocycles. The van der Waals surface area contributed by atoms with Crippen molar-refractivity contribution in [1.82, 2.24) is 4.90 Å². The topological polar surface area (TPSA) is 20.3 Å². The van der Waals surface area contributed by atoms with Gasteiger partial charge in [-0.2, -0.15) is 13.2 Å². The lowest BCUT2D eigenvalue weighted by Gasteiger charge is -2.39. The van der Waals surface area contributed by atoms with Crippen molar-refractivity contribution in [2.45, 2.75) is 50.7 Å². The first kappa shape index (κ1) is 18.9. The van der Waals surface area contributed by atoms with E-state index in [1.165, 1.54) is 63.7 Å². The number of benzene rings is 1. The number of hydrogen-bond donors (Lipinski definition) is 0. The number of likely N-dealkylation sites (tertiary alicyclic amines) is 1. The third kappa shape index (κ3) is 4.85. The molecule has 0 atom stereocenters. The van der Waals surface area contributed by atoms with Crippen LogP contribution in [0, 0.1) is 5.41 Å². The number of alkyl halides is 3. The van der Waals surface area contributed by atoms with E-state index >= 15 is 0 Å². The molecular formula is C19H26F3NOS. The van der Waals surface area contributed by atoms with Gasteiger partial charge in [0.15, 0.2) is 0 Å². The van der Waals surface area contributed by atoms with Crippen LogP contribution < -0.4 is 0 Å². The summed E-state index contributed by atoms with van der Waals surface area (Å²) in [5, 5.41) is 0. The van der Waals surface area contributed by atoms with Gasteiger partial charge in [0.2, 0.25) is 0 Å². The highest BCUT2D eigenvalue weighted by Gasteiger charge is 2.48. The second-order valence-electron chi connectivity index (χ2n) is 7.60. The molecule has 1 saturated carbocycles. The maximum atomic E-state index is 11.8. The van der Waals surface area contributed by atoms with Gasteiger partial charge in [0.05, 0.1) is 5.56 Å². The van der Waals surface area contributed by atoms with Crippen molar-refractivity contribution in [2.75, 3.05) is 24.6 Å². The molecule has 0 amide bonds. The van der Waals surface area contributed by atoms with Gasteiger partial charge in [0, 0.05) is 40.3 Å². The smallest absolute Gasteiger partial charge is 0.300 e. The molecular weight excluding hydrogens is 347 g/mol. The summed E-state index contributed by atoms with van der Waals surface area (Å²) in [5.74, 6) is 1.99. The molecule has 1 aromatic rings. The van der Waals surface area contributed by atoms with E-state index in [4.69, 9.17) is 0 Å². The number of rotatable bonds is 1. The highest BCUT2D eigenvalue weighted by Crippen LogP contribution is 2.41. The van der Waals surface area contributed by atoms with Gasteiger partial charge in [-0.05, 0) is 25.8 Å². The Bertz CT molecular complexity index is 576. The summed E-state index contributed by atoms with van der Waals surface area (Å²) in [7, 11) is -0.468. The second kappa shape index (κ2) is 7.78. The van der Waals surface area contributed by atoms with E-state index in [0.29, 0.717) is 5.41 Å². The highest BCUT2D eigenvalue weighted by molar-refractivity contribution is 7.86. The van der Waals surface area contributed by atoms with Gasteiger partial charge < -0.3 is 0 Å². The predicted octanol–water partition coefficient (Wildman–Crippen LogP) is 4.48. The first-order valence-electron chi connectivity index (χ1n) is 9.09. The van der Waals surface area contributed by atoms with E-state index in [9.17, 15) is 17.4 Å². The average Bonchev–Trinajstić information content (AvgIpc) is 3.01. The second-order valence-corrected chi connectivity index (χ2v) is 9.06. The minimum Gasteiger partial charge on any atom is -0.300 e. The molecule has 0 radical (unpaired) electrons. The fraction of sp³-hybridized carbons (Fsp3) is 0.684. The quantitative estimate of drug-likeness (QED) is 0.723. The summed E-state index contributed by atoms with van der Waals surface area (Å²) >= 11 is 0. The standard InChI is InChI=1S/C12H21NOS.C7H5F3/c14-15-9-12(10-15)6-7-13(8-12)11-4-2-1-3-5-11;8-7(9,10)6-4-2-1-3-5-6/h11H,1-10H2;1-5H. The maximum absolute atomic E-state index is 11.8. The zero-order chi connectivity index (χ0) is 17.9. The average molecular weight is 373 g/mol. The summed E-state index contributed by atoms with van der Waals surface area (Å²) in [6.45, 7) is 2.53. The molecule has 3 aliphatic rings. The first-order valence-corrected chi connectivity index (χ1v) is 10.6. The molecule has 2 aliphatic heterocycles. The zero-order valence-electron chi connectivity index (χ0n) is 14.4. The Balaban J connectivity index is 0.000000160. The fourth-order valence-corrected chi connectivity index (χ4v) is 5.98. The predicted molar refractivity (Wildman–Crippen MR) is 94.8 cm³/mol. The summed E-state index contributed by atoms with van der Waals surface area (Å²) in [5.41, 5.74) is -0.113. The Morgan fingerprint density at radius 1 is 1.04 bits per heavy atom. The van der Waals surface area contributed by atoms with E-state index in [1.807, 2.05) is 0 Å². The van der Waals surface area contributed by atoms with E-state index in [1.54, 1.807) is 6.07 Å². The van der Waals surface area contributed by atoms with Crippen LogP contribution in [0.3, 0.4) is 0 Å². The van der Waals surface area contributed by atoms with Crippen LogP contribution in [0.1, 0.15) is 44.1 Å². The molecule has 1 spiro atoms. The number of nitrogens with zero attached hydrogens (tertiary/aromatic N) is 1. The third-order valence-electron chi connectivity index (χ3n) is 5.59. The van der Waals surface area contributed by atoms with Gasteiger partial charge in [0.1, 0.15) is 0 Å². The maximum Gasteiger partial charge on any atom is 0.416 e. The summed E-state index contributed by atoms with van der Waals surface area (Å²) < 4.78 is 46.6. The van der Waals surface area contributed by atoms with E-state index in [0.717, 1.165) is 29.7 Å². The molecule has 6 heteroatoms. The lowest BCUT2D eigenvalue weighted by atomic mass is 9.90. The molecule has 0 aromatic heterocycles. The Morgan fingerprint density at radius 2 is 1.68 bits per heavy atom. The lowest BCUT2D eigenvalue weighted by molar-refractivity contribution is -0.137. The monoisotopic (exact) mass is 373 g/mol. The van der Waals surface area contributed by atoms with Crippen molar-refractivity contribution in [2.24, 2.45) is 5.41 Å². The van der Waals surface area contributed by atoms with Crippen LogP contribution in [0.2, 0.25) is 0 Å². The number of halogens is 3. The van der Waals surface area contributed by atoms with Gasteiger partial charge in [-0.1, -0.05) is 49.6 Å². The van der Waals surface area contributed by atoms with Crippen molar-refractivity contribution in [3.8, 4) is 0 Å². The third-order valence-corrected chi connectivity index (χ3v) is 7.46. The van der Waals surface area contributed by atoms with Gasteiger partial charge in [-0.3, -0.25) is 9.11 Å². The molecule has 1 aromatic carbocycles. The highest BCUT2D eigenvalue weighted by atomic mass is 32.2. The first-order chi connectivity index (χ1) is 11.9. The van der Waals surface area contributed by atoms with Crippen LogP contribution in [-0.4, -0.2) is 39.7 Å². The van der Waals surface area contributed by atoms with Crippen molar-refractivity contribution in [3.05, 3.63) is 35.9 Å². The minimum atomic E-state index is -4.21. The molecule has 0 unspecified atom stereocenters. The molecule has 3 fully saturated rings. The Morgan fingerprint density at radius 3 is 2.20 bits per heavy atom. The minimum absolute atomic E-state index is 0.468. The molecule has 2 nitrogen and oxygen atoms in total. The summed E-state index contributed by atoms with van der Waals surface area (Å²) in [4.78, 5) is 2.70. The molecule has 4 rings (SSSR count). The van der Waals surface area contributed by atoms with Gasteiger partial charge in [-0.25, -0.2) is 0 Å². The van der Waals surface area contributed by atoms with E-state index in [-0.39, 0.29) is 0 Å². The van der Waals surface area contributed by atoms with Crippen LogP contribution in [0.4, 0.5) is 13.2 Å². The van der Waals surface area contributed by atoms with Crippen LogP contribution >= 0.6 is 0 Å². The van der Waals surface area contributed by atoms with Gasteiger partial charge in [-0.15, -0.1) is 0 Å². The summed E-state index contributed by atoms with van der Waals surface area (Å²) in [6, 6.07) is 7.23. The van der Waals surface area contributed by atoms with Crippen LogP contribution in [0.25, 0.3) is 0 Å². The molecule has 0 bridgehead atoms. The van der Waals surface area contributed by atoms with Crippen molar-refractivity contribution >= 4 is 10.8 Å². The molecule has 140 valence electrons. The van der Waals surface area contributed by atoms with E-state index < -0.39 is 22.5 Å². The fourth-order valence-electron chi connectivity index (χ4n) is 4.23. The molecule has 2 heterocycles. The molecule has 2 saturated heterocycles. The Labute approximate surface area is 150 Å². The lowest BCUT2D eigenvalue weighted by Crippen LogP contribution is -2.48. The van der Waals surface area contributed by atoms with Crippen molar-refractivity contribution < 1.29 is 17.4 Å². The van der Waals surface area contributed by atoms with Crippen LogP contribution in [-0.2, 0) is 17.0 Å². The zero-order valence-corrected chi connectivity index (χ0v) is 15.2. The Kier molecular flexibility index (Phi) is 5.88. The van der Waals surface area contributed by atoms with Gasteiger partial charge in [0.25, 0.3) is 0 Å². The largest absolute Gasteiger partial charge is 0.416 e. The van der Waals surface area contributed by atoms with E-state index in [2.05, 4.69) is 4.90 Å². The summed E-state index contributed by atoms with van der Waals surface area (Å²) in [6.07, 6.45) is 4.24. The van der Waals surface area contributed by atoms with Gasteiger partial charge >= 0.3 is 6.18 Å². The SMILES string of the molecule is FC(F)(F)c1ccccc1.O=S1CC2(CCN(C3CCCCC3)C2)C1. The van der Waals surface area contributed by atoms with Crippen LogP contribution in [0.15, 0.2) is 30.3 Å². The van der Waals surface area contributed by atoms with Crippen molar-refractivity contribution in [3.63, 3.8) is 0 Å². The van der Waals surface area contributed by atoms with Crippen molar-refractivity contribution in [1.29, 1.82) is 0 Å².